The zero-order chi connectivity index (χ0) is 26.5. The fourth-order valence-corrected chi connectivity index (χ4v) is 4.67. The maximum absolute atomic E-state index is 12.8. The summed E-state index contributed by atoms with van der Waals surface area (Å²) in [7, 11) is 0. The van der Waals surface area contributed by atoms with E-state index in [2.05, 4.69) is 15.1 Å². The summed E-state index contributed by atoms with van der Waals surface area (Å²) in [5.41, 5.74) is 2.66. The molecule has 0 bridgehead atoms. The molecule has 3 aromatic rings. The number of carbonyl (C=O) groups is 1. The van der Waals surface area contributed by atoms with Gasteiger partial charge in [-0.3, -0.25) is 15.2 Å². The molecule has 3 heterocycles. The molecule has 5 rings (SSSR count). The Morgan fingerprint density at radius 3 is 2.58 bits per heavy atom. The summed E-state index contributed by atoms with van der Waals surface area (Å²) in [5.74, 6) is 1.38. The van der Waals surface area contributed by atoms with Crippen molar-refractivity contribution < 1.29 is 19.0 Å². The third kappa shape index (κ3) is 5.45. The summed E-state index contributed by atoms with van der Waals surface area (Å²) >= 11 is 1.23. The Balaban J connectivity index is 1.31. The molecule has 192 valence electrons. The first kappa shape index (κ1) is 25.2. The molecule has 2 aromatic carbocycles. The molecule has 10 heteroatoms. The molecule has 0 fully saturated rings. The van der Waals surface area contributed by atoms with Crippen LogP contribution in [0.4, 0.5) is 0 Å². The predicted molar refractivity (Wildman–Crippen MR) is 148 cm³/mol. The van der Waals surface area contributed by atoms with Crippen molar-refractivity contribution in [3.05, 3.63) is 89.3 Å². The van der Waals surface area contributed by atoms with Gasteiger partial charge >= 0.3 is 0 Å². The molecule has 0 radical (unpaired) electrons. The lowest BCUT2D eigenvalue weighted by atomic mass is 10.1. The molecule has 1 N–H and O–H groups in total. The van der Waals surface area contributed by atoms with Crippen LogP contribution in [-0.4, -0.2) is 51.8 Å². The van der Waals surface area contributed by atoms with Gasteiger partial charge in [0.1, 0.15) is 24.0 Å². The fraction of sp³-hybridized carbons (Fsp3) is 0.179. The second kappa shape index (κ2) is 11.3. The number of amidine groups is 2. The minimum atomic E-state index is -0.497. The molecule has 1 amide bonds. The summed E-state index contributed by atoms with van der Waals surface area (Å²) in [6.45, 7) is 5.03. The maximum Gasteiger partial charge on any atom is 0.283 e. The van der Waals surface area contributed by atoms with Crippen LogP contribution in [0.1, 0.15) is 23.6 Å². The van der Waals surface area contributed by atoms with E-state index in [0.717, 1.165) is 16.9 Å². The number of aromatic nitrogens is 1. The molecular weight excluding hydrogens is 502 g/mol. The van der Waals surface area contributed by atoms with E-state index in [0.29, 0.717) is 47.1 Å². The van der Waals surface area contributed by atoms with Gasteiger partial charge in [0, 0.05) is 18.0 Å². The molecule has 0 spiro atoms. The van der Waals surface area contributed by atoms with Crippen LogP contribution in [0.5, 0.6) is 17.2 Å². The number of para-hydroxylation sites is 1. The van der Waals surface area contributed by atoms with Crippen molar-refractivity contribution in [2.75, 3.05) is 19.8 Å². The number of hydrogen-bond acceptors (Lipinski definition) is 8. The van der Waals surface area contributed by atoms with E-state index < -0.39 is 5.91 Å². The van der Waals surface area contributed by atoms with E-state index in [1.807, 2.05) is 44.2 Å². The minimum absolute atomic E-state index is 0.0435. The largest absolute Gasteiger partial charge is 0.490 e. The van der Waals surface area contributed by atoms with E-state index in [-0.39, 0.29) is 11.4 Å². The summed E-state index contributed by atoms with van der Waals surface area (Å²) in [5, 5.41) is 15.5. The van der Waals surface area contributed by atoms with E-state index in [4.69, 9.17) is 19.6 Å². The molecule has 0 saturated carbocycles. The SMILES string of the molecule is CCOc1cc(/C=C2/C(=N)N3N=C(c4cccnc4)SC3=NC2=O)ccc1OCCOc1ccccc1C. The van der Waals surface area contributed by atoms with Crippen LogP contribution in [0.25, 0.3) is 6.08 Å². The van der Waals surface area contributed by atoms with Crippen LogP contribution in [0.2, 0.25) is 0 Å². The molecule has 1 aromatic heterocycles. The Kier molecular flexibility index (Phi) is 7.50. The van der Waals surface area contributed by atoms with Crippen molar-refractivity contribution >= 4 is 39.8 Å². The molecule has 0 saturated heterocycles. The van der Waals surface area contributed by atoms with Crippen molar-refractivity contribution in [3.8, 4) is 17.2 Å². The molecule has 2 aliphatic rings. The highest BCUT2D eigenvalue weighted by Gasteiger charge is 2.36. The number of pyridine rings is 1. The van der Waals surface area contributed by atoms with Gasteiger partial charge in [-0.1, -0.05) is 24.3 Å². The zero-order valence-electron chi connectivity index (χ0n) is 20.9. The van der Waals surface area contributed by atoms with Crippen LogP contribution >= 0.6 is 11.8 Å². The first-order chi connectivity index (χ1) is 18.5. The number of thioether (sulfide) groups is 1. The standard InChI is InChI=1S/C28H25N5O4S/c1-3-35-24-16-19(10-11-23(24)37-14-13-36-22-9-5-4-7-18(22)2)15-21-25(29)33-28(31-26(21)34)38-27(32-33)20-8-6-12-30-17-20/h4-12,15-17,29H,3,13-14H2,1-2H3/b21-15-,29-25?. The van der Waals surface area contributed by atoms with Crippen molar-refractivity contribution in [1.29, 1.82) is 5.41 Å². The van der Waals surface area contributed by atoms with Crippen LogP contribution in [-0.2, 0) is 4.79 Å². The van der Waals surface area contributed by atoms with E-state index in [9.17, 15) is 4.79 Å². The number of aliphatic imine (C=N–C) groups is 1. The summed E-state index contributed by atoms with van der Waals surface area (Å²) in [6.07, 6.45) is 4.97. The van der Waals surface area contributed by atoms with Crippen molar-refractivity contribution in [2.45, 2.75) is 13.8 Å². The lowest BCUT2D eigenvalue weighted by molar-refractivity contribution is -0.114. The monoisotopic (exact) mass is 527 g/mol. The van der Waals surface area contributed by atoms with E-state index in [1.165, 1.54) is 16.8 Å². The highest BCUT2D eigenvalue weighted by Crippen LogP contribution is 2.33. The number of fused-ring (bicyclic) bond motifs is 1. The first-order valence-corrected chi connectivity index (χ1v) is 12.8. The van der Waals surface area contributed by atoms with Gasteiger partial charge in [0.15, 0.2) is 17.3 Å². The van der Waals surface area contributed by atoms with Crippen LogP contribution < -0.4 is 14.2 Å². The first-order valence-electron chi connectivity index (χ1n) is 12.0. The molecule has 38 heavy (non-hydrogen) atoms. The Bertz CT molecular complexity index is 1470. The van der Waals surface area contributed by atoms with Gasteiger partial charge in [-0.25, -0.2) is 0 Å². The second-order valence-corrected chi connectivity index (χ2v) is 9.22. The third-order valence-electron chi connectivity index (χ3n) is 5.63. The van der Waals surface area contributed by atoms with Crippen molar-refractivity contribution in [3.63, 3.8) is 0 Å². The van der Waals surface area contributed by atoms with Crippen LogP contribution in [0.15, 0.2) is 82.7 Å². The van der Waals surface area contributed by atoms with Crippen molar-refractivity contribution in [1.82, 2.24) is 9.99 Å². The normalized spacial score (nSPS) is 15.7. The summed E-state index contributed by atoms with van der Waals surface area (Å²) in [4.78, 5) is 21.1. The summed E-state index contributed by atoms with van der Waals surface area (Å²) in [6, 6.07) is 16.8. The number of rotatable bonds is 9. The zero-order valence-corrected chi connectivity index (χ0v) is 21.7. The quantitative estimate of drug-likeness (QED) is 0.311. The van der Waals surface area contributed by atoms with Crippen molar-refractivity contribution in [2.24, 2.45) is 10.1 Å². The Hall–Kier alpha value is -4.44. The smallest absolute Gasteiger partial charge is 0.283 e. The van der Waals surface area contributed by atoms with Gasteiger partial charge in [0.25, 0.3) is 5.91 Å². The van der Waals surface area contributed by atoms with E-state index >= 15 is 0 Å². The van der Waals surface area contributed by atoms with Crippen LogP contribution in [0, 0.1) is 12.3 Å². The van der Waals surface area contributed by atoms with E-state index in [1.54, 1.807) is 42.7 Å². The number of hydrogen-bond donors (Lipinski definition) is 1. The maximum atomic E-state index is 12.8. The van der Waals surface area contributed by atoms with Crippen LogP contribution in [0.3, 0.4) is 0 Å². The minimum Gasteiger partial charge on any atom is -0.490 e. The van der Waals surface area contributed by atoms with Gasteiger partial charge in [-0.15, -0.1) is 0 Å². The number of nitrogens with one attached hydrogen (secondary N) is 1. The number of carbonyl (C=O) groups excluding carboxylic acids is 1. The third-order valence-corrected chi connectivity index (χ3v) is 6.59. The number of aryl methyl sites for hydroxylation is 1. The van der Waals surface area contributed by atoms with Gasteiger partial charge in [-0.05, 0) is 73.1 Å². The Morgan fingerprint density at radius 1 is 1.00 bits per heavy atom. The number of hydrazone groups is 1. The highest BCUT2D eigenvalue weighted by molar-refractivity contribution is 8.27. The second-order valence-electron chi connectivity index (χ2n) is 8.27. The molecule has 0 atom stereocenters. The number of benzene rings is 2. The van der Waals surface area contributed by atoms with Gasteiger partial charge < -0.3 is 14.2 Å². The predicted octanol–water partition coefficient (Wildman–Crippen LogP) is 4.91. The number of ether oxygens (including phenoxy) is 3. The Morgan fingerprint density at radius 2 is 1.82 bits per heavy atom. The lowest BCUT2D eigenvalue weighted by Gasteiger charge is -2.20. The molecular formula is C28H25N5O4S. The average molecular weight is 528 g/mol. The van der Waals surface area contributed by atoms with Gasteiger partial charge in [-0.2, -0.15) is 15.1 Å². The Labute approximate surface area is 224 Å². The van der Waals surface area contributed by atoms with Gasteiger partial charge in [0.05, 0.1) is 12.2 Å². The lowest BCUT2D eigenvalue weighted by Crippen LogP contribution is -2.35. The molecule has 9 nitrogen and oxygen atoms in total. The highest BCUT2D eigenvalue weighted by atomic mass is 32.2. The average Bonchev–Trinajstić information content (AvgIpc) is 3.36. The fourth-order valence-electron chi connectivity index (χ4n) is 3.79. The molecule has 2 aliphatic heterocycles. The molecule has 0 unspecified atom stereocenters. The van der Waals surface area contributed by atoms with Gasteiger partial charge in [0.2, 0.25) is 5.17 Å². The summed E-state index contributed by atoms with van der Waals surface area (Å²) < 4.78 is 17.5. The number of amides is 1. The number of nitrogens with zero attached hydrogens (tertiary/aromatic N) is 4. The topological polar surface area (TPSA) is 109 Å². The molecule has 0 aliphatic carbocycles.